The van der Waals surface area contributed by atoms with Crippen LogP contribution < -0.4 is 10.6 Å². The Morgan fingerprint density at radius 2 is 2.21 bits per heavy atom. The van der Waals surface area contributed by atoms with Crippen molar-refractivity contribution in [2.45, 2.75) is 25.9 Å². The minimum Gasteiger partial charge on any atom is -0.467 e. The number of carbonyl (C=O) groups is 2. The Hall–Kier alpha value is -1.88. The van der Waals surface area contributed by atoms with Crippen molar-refractivity contribution in [2.75, 3.05) is 13.7 Å². The molecule has 1 aromatic carbocycles. The molecular weight excluding hydrogens is 244 g/mol. The molecule has 0 aliphatic carbocycles. The van der Waals surface area contributed by atoms with Gasteiger partial charge in [-0.15, -0.1) is 0 Å². The molecule has 1 aromatic rings. The molecule has 102 valence electrons. The van der Waals surface area contributed by atoms with Crippen LogP contribution in [-0.4, -0.2) is 31.6 Å². The molecule has 0 radical (unpaired) electrons. The van der Waals surface area contributed by atoms with Crippen LogP contribution in [0.2, 0.25) is 0 Å². The largest absolute Gasteiger partial charge is 0.467 e. The Kier molecular flexibility index (Phi) is 4.16. The van der Waals surface area contributed by atoms with Crippen LogP contribution in [0.3, 0.4) is 0 Å². The molecule has 19 heavy (non-hydrogen) atoms. The number of hydrogen-bond donors (Lipinski definition) is 2. The van der Waals surface area contributed by atoms with E-state index in [0.717, 1.165) is 30.6 Å². The van der Waals surface area contributed by atoms with Crippen molar-refractivity contribution in [2.24, 2.45) is 0 Å². The summed E-state index contributed by atoms with van der Waals surface area (Å²) in [5, 5.41) is 5.93. The Labute approximate surface area is 112 Å². The van der Waals surface area contributed by atoms with Gasteiger partial charge in [0, 0.05) is 12.1 Å². The smallest absolute Gasteiger partial charge is 0.328 e. The van der Waals surface area contributed by atoms with E-state index in [1.807, 2.05) is 12.1 Å². The van der Waals surface area contributed by atoms with Gasteiger partial charge in [-0.2, -0.15) is 0 Å². The van der Waals surface area contributed by atoms with Crippen LogP contribution in [0.5, 0.6) is 0 Å². The highest BCUT2D eigenvalue weighted by atomic mass is 16.5. The van der Waals surface area contributed by atoms with Crippen LogP contribution in [-0.2, 0) is 22.5 Å². The van der Waals surface area contributed by atoms with E-state index in [4.69, 9.17) is 0 Å². The van der Waals surface area contributed by atoms with E-state index in [2.05, 4.69) is 15.4 Å². The first-order valence-corrected chi connectivity index (χ1v) is 6.33. The number of hydrogen-bond acceptors (Lipinski definition) is 4. The number of rotatable bonds is 3. The lowest BCUT2D eigenvalue weighted by molar-refractivity contribution is -0.142. The quantitative estimate of drug-likeness (QED) is 0.784. The van der Waals surface area contributed by atoms with E-state index in [9.17, 15) is 9.59 Å². The van der Waals surface area contributed by atoms with E-state index in [0.29, 0.717) is 5.56 Å². The predicted molar refractivity (Wildman–Crippen MR) is 70.8 cm³/mol. The lowest BCUT2D eigenvalue weighted by Gasteiger charge is -2.20. The molecule has 0 spiro atoms. The zero-order chi connectivity index (χ0) is 13.8. The van der Waals surface area contributed by atoms with Gasteiger partial charge in [0.1, 0.15) is 6.04 Å². The number of esters is 1. The van der Waals surface area contributed by atoms with Gasteiger partial charge in [-0.25, -0.2) is 4.79 Å². The summed E-state index contributed by atoms with van der Waals surface area (Å²) in [5.74, 6) is -0.670. The first kappa shape index (κ1) is 13.5. The summed E-state index contributed by atoms with van der Waals surface area (Å²) in [6.07, 6.45) is 0.825. The minimum absolute atomic E-state index is 0.225. The Morgan fingerprint density at radius 1 is 1.42 bits per heavy atom. The number of amides is 1. The molecule has 1 heterocycles. The average Bonchev–Trinajstić information content (AvgIpc) is 2.45. The third kappa shape index (κ3) is 2.93. The number of carbonyl (C=O) groups excluding carboxylic acids is 2. The molecule has 1 unspecified atom stereocenters. The van der Waals surface area contributed by atoms with Gasteiger partial charge in [0.15, 0.2) is 0 Å². The number of nitrogens with one attached hydrogen (secondary N) is 2. The zero-order valence-electron chi connectivity index (χ0n) is 11.2. The monoisotopic (exact) mass is 262 g/mol. The molecule has 0 saturated carbocycles. The first-order chi connectivity index (χ1) is 9.13. The molecule has 0 aromatic heterocycles. The van der Waals surface area contributed by atoms with Crippen LogP contribution in [0.15, 0.2) is 18.2 Å². The van der Waals surface area contributed by atoms with E-state index in [-0.39, 0.29) is 5.91 Å². The lowest BCUT2D eigenvalue weighted by atomic mass is 9.95. The highest BCUT2D eigenvalue weighted by Gasteiger charge is 2.21. The molecule has 0 bridgehead atoms. The SMILES string of the molecule is COC(=O)C(C)NC(=O)c1cccc2c1CCNC2. The zero-order valence-corrected chi connectivity index (χ0v) is 11.2. The van der Waals surface area contributed by atoms with E-state index >= 15 is 0 Å². The van der Waals surface area contributed by atoms with Gasteiger partial charge < -0.3 is 15.4 Å². The Balaban J connectivity index is 2.18. The third-order valence-electron chi connectivity index (χ3n) is 3.29. The average molecular weight is 262 g/mol. The molecule has 5 heteroatoms. The van der Waals surface area contributed by atoms with Gasteiger partial charge in [0.05, 0.1) is 7.11 Å². The molecule has 1 atom stereocenters. The molecule has 0 saturated heterocycles. The summed E-state index contributed by atoms with van der Waals surface area (Å²) in [6.45, 7) is 3.26. The van der Waals surface area contributed by atoms with Crippen molar-refractivity contribution in [3.8, 4) is 0 Å². The van der Waals surface area contributed by atoms with Crippen molar-refractivity contribution in [3.05, 3.63) is 34.9 Å². The van der Waals surface area contributed by atoms with Gasteiger partial charge in [0.25, 0.3) is 5.91 Å². The predicted octanol–water partition coefficient (Wildman–Crippen LogP) is 0.624. The maximum absolute atomic E-state index is 12.2. The molecule has 1 aliphatic heterocycles. The van der Waals surface area contributed by atoms with Crippen LogP contribution in [0.1, 0.15) is 28.4 Å². The van der Waals surface area contributed by atoms with Crippen molar-refractivity contribution in [1.82, 2.24) is 10.6 Å². The molecule has 1 aliphatic rings. The van der Waals surface area contributed by atoms with Crippen molar-refractivity contribution >= 4 is 11.9 Å². The Morgan fingerprint density at radius 3 is 2.95 bits per heavy atom. The van der Waals surface area contributed by atoms with Gasteiger partial charge in [-0.3, -0.25) is 4.79 Å². The van der Waals surface area contributed by atoms with Gasteiger partial charge in [-0.1, -0.05) is 12.1 Å². The summed E-state index contributed by atoms with van der Waals surface area (Å²) in [6, 6.07) is 5.03. The summed E-state index contributed by atoms with van der Waals surface area (Å²) < 4.78 is 4.60. The van der Waals surface area contributed by atoms with Crippen LogP contribution in [0.4, 0.5) is 0 Å². The minimum atomic E-state index is -0.643. The van der Waals surface area contributed by atoms with Crippen LogP contribution in [0, 0.1) is 0 Å². The Bertz CT molecular complexity index is 499. The summed E-state index contributed by atoms with van der Waals surface area (Å²) in [4.78, 5) is 23.5. The number of methoxy groups -OCH3 is 1. The van der Waals surface area contributed by atoms with Crippen molar-refractivity contribution in [1.29, 1.82) is 0 Å². The fourth-order valence-electron chi connectivity index (χ4n) is 2.25. The standard InChI is InChI=1S/C14H18N2O3/c1-9(14(18)19-2)16-13(17)12-5-3-4-10-8-15-7-6-11(10)12/h3-5,9,15H,6-8H2,1-2H3,(H,16,17). The summed E-state index contributed by atoms with van der Waals surface area (Å²) in [5.41, 5.74) is 2.86. The van der Waals surface area contributed by atoms with Crippen LogP contribution >= 0.6 is 0 Å². The second-order valence-electron chi connectivity index (χ2n) is 4.59. The fourth-order valence-corrected chi connectivity index (χ4v) is 2.25. The molecule has 2 N–H and O–H groups in total. The van der Waals surface area contributed by atoms with Gasteiger partial charge in [-0.05, 0) is 37.1 Å². The molecule has 1 amide bonds. The van der Waals surface area contributed by atoms with E-state index < -0.39 is 12.0 Å². The first-order valence-electron chi connectivity index (χ1n) is 6.33. The van der Waals surface area contributed by atoms with Gasteiger partial charge >= 0.3 is 5.97 Å². The number of fused-ring (bicyclic) bond motifs is 1. The second-order valence-corrected chi connectivity index (χ2v) is 4.59. The molecule has 0 fully saturated rings. The number of benzene rings is 1. The topological polar surface area (TPSA) is 67.4 Å². The third-order valence-corrected chi connectivity index (χ3v) is 3.29. The molecule has 2 rings (SSSR count). The highest BCUT2D eigenvalue weighted by Crippen LogP contribution is 2.18. The second kappa shape index (κ2) is 5.84. The maximum atomic E-state index is 12.2. The maximum Gasteiger partial charge on any atom is 0.328 e. The normalized spacial score (nSPS) is 15.3. The molecule has 5 nitrogen and oxygen atoms in total. The lowest BCUT2D eigenvalue weighted by Crippen LogP contribution is -2.40. The van der Waals surface area contributed by atoms with Gasteiger partial charge in [0.2, 0.25) is 0 Å². The van der Waals surface area contributed by atoms with Crippen molar-refractivity contribution in [3.63, 3.8) is 0 Å². The number of ether oxygens (including phenoxy) is 1. The highest BCUT2D eigenvalue weighted by molar-refractivity contribution is 5.98. The fraction of sp³-hybridized carbons (Fsp3) is 0.429. The molecular formula is C14H18N2O3. The van der Waals surface area contributed by atoms with E-state index in [1.54, 1.807) is 13.0 Å². The van der Waals surface area contributed by atoms with E-state index in [1.165, 1.54) is 7.11 Å². The van der Waals surface area contributed by atoms with Crippen LogP contribution in [0.25, 0.3) is 0 Å². The van der Waals surface area contributed by atoms with Crippen molar-refractivity contribution < 1.29 is 14.3 Å². The summed E-state index contributed by atoms with van der Waals surface area (Å²) >= 11 is 0. The summed E-state index contributed by atoms with van der Waals surface area (Å²) in [7, 11) is 1.31.